The Morgan fingerprint density at radius 2 is 2.11 bits per heavy atom. The van der Waals surface area contributed by atoms with Crippen LogP contribution in [0.15, 0.2) is 30.5 Å². The highest BCUT2D eigenvalue weighted by molar-refractivity contribution is 5.30. The molecule has 5 heteroatoms. The highest BCUT2D eigenvalue weighted by Crippen LogP contribution is 2.19. The molecule has 2 aromatic rings. The molecule has 0 aliphatic heterocycles. The molecule has 0 amide bonds. The first kappa shape index (κ1) is 13.4. The van der Waals surface area contributed by atoms with Crippen LogP contribution in [0.1, 0.15) is 17.1 Å². The van der Waals surface area contributed by atoms with Gasteiger partial charge in [0.15, 0.2) is 11.6 Å². The van der Waals surface area contributed by atoms with E-state index in [1.54, 1.807) is 24.4 Å². The zero-order chi connectivity index (χ0) is 13.7. The number of hydrogen-bond donors (Lipinski definition) is 1. The van der Waals surface area contributed by atoms with Gasteiger partial charge in [-0.25, -0.2) is 14.4 Å². The second kappa shape index (κ2) is 6.24. The van der Waals surface area contributed by atoms with E-state index in [1.807, 2.05) is 13.0 Å². The maximum atomic E-state index is 13.9. The van der Waals surface area contributed by atoms with Gasteiger partial charge in [-0.15, -0.1) is 0 Å². The van der Waals surface area contributed by atoms with Gasteiger partial charge in [-0.05, 0) is 19.1 Å². The Morgan fingerprint density at radius 1 is 1.26 bits per heavy atom. The van der Waals surface area contributed by atoms with Crippen LogP contribution in [-0.4, -0.2) is 17.1 Å². The largest absolute Gasteiger partial charge is 0.494 e. The molecule has 1 aromatic carbocycles. The summed E-state index contributed by atoms with van der Waals surface area (Å²) in [6, 6.07) is 6.94. The molecule has 0 saturated heterocycles. The summed E-state index contributed by atoms with van der Waals surface area (Å²) in [5, 5.41) is 3.15. The molecular formula is C14H16FN3O. The van der Waals surface area contributed by atoms with Crippen LogP contribution in [0.5, 0.6) is 5.75 Å². The van der Waals surface area contributed by atoms with Crippen molar-refractivity contribution in [2.75, 3.05) is 7.11 Å². The fraction of sp³-hybridized carbons (Fsp3) is 0.286. The number of aryl methyl sites for hydroxylation is 1. The molecule has 0 unspecified atom stereocenters. The van der Waals surface area contributed by atoms with Crippen LogP contribution in [0.3, 0.4) is 0 Å². The lowest BCUT2D eigenvalue weighted by molar-refractivity contribution is 0.383. The smallest absolute Gasteiger partial charge is 0.169 e. The molecule has 0 aliphatic rings. The van der Waals surface area contributed by atoms with Gasteiger partial charge < -0.3 is 10.1 Å². The lowest BCUT2D eigenvalue weighted by Crippen LogP contribution is -2.15. The van der Waals surface area contributed by atoms with E-state index in [9.17, 15) is 4.39 Å². The first-order valence-corrected chi connectivity index (χ1v) is 6.01. The fourth-order valence-corrected chi connectivity index (χ4v) is 1.78. The number of rotatable bonds is 5. The molecule has 0 fully saturated rings. The van der Waals surface area contributed by atoms with Gasteiger partial charge in [0.05, 0.1) is 12.8 Å². The highest BCUT2D eigenvalue weighted by Gasteiger charge is 2.07. The molecule has 1 N–H and O–H groups in total. The fourth-order valence-electron chi connectivity index (χ4n) is 1.78. The molecule has 100 valence electrons. The van der Waals surface area contributed by atoms with Crippen molar-refractivity contribution in [3.8, 4) is 5.75 Å². The molecule has 1 heterocycles. The van der Waals surface area contributed by atoms with Crippen LogP contribution >= 0.6 is 0 Å². The molecule has 0 atom stereocenters. The van der Waals surface area contributed by atoms with E-state index >= 15 is 0 Å². The van der Waals surface area contributed by atoms with Gasteiger partial charge in [-0.1, -0.05) is 12.1 Å². The van der Waals surface area contributed by atoms with Crippen LogP contribution in [-0.2, 0) is 13.1 Å². The van der Waals surface area contributed by atoms with E-state index in [-0.39, 0.29) is 11.6 Å². The summed E-state index contributed by atoms with van der Waals surface area (Å²) < 4.78 is 18.8. The van der Waals surface area contributed by atoms with Crippen molar-refractivity contribution < 1.29 is 9.13 Å². The first-order valence-electron chi connectivity index (χ1n) is 6.01. The Morgan fingerprint density at radius 3 is 2.84 bits per heavy atom. The van der Waals surface area contributed by atoms with Crippen LogP contribution in [0.4, 0.5) is 4.39 Å². The van der Waals surface area contributed by atoms with Crippen molar-refractivity contribution in [2.24, 2.45) is 0 Å². The molecule has 1 aromatic heterocycles. The lowest BCUT2D eigenvalue weighted by Gasteiger charge is -2.08. The quantitative estimate of drug-likeness (QED) is 0.896. The standard InChI is InChI=1S/C14H16FN3O/c1-10-17-7-6-12(18-10)9-16-8-11-4-3-5-13(19-2)14(11)15/h3-7,16H,8-9H2,1-2H3. The summed E-state index contributed by atoms with van der Waals surface area (Å²) in [6.07, 6.45) is 1.71. The number of nitrogens with zero attached hydrogens (tertiary/aromatic N) is 2. The van der Waals surface area contributed by atoms with Crippen LogP contribution < -0.4 is 10.1 Å². The molecule has 4 nitrogen and oxygen atoms in total. The summed E-state index contributed by atoms with van der Waals surface area (Å²) in [7, 11) is 1.46. The van der Waals surface area contributed by atoms with Crippen molar-refractivity contribution in [1.29, 1.82) is 0 Å². The van der Waals surface area contributed by atoms with Crippen molar-refractivity contribution in [2.45, 2.75) is 20.0 Å². The Hall–Kier alpha value is -2.01. The Kier molecular flexibility index (Phi) is 4.41. The van der Waals surface area contributed by atoms with Gasteiger partial charge in [-0.2, -0.15) is 0 Å². The number of ether oxygens (including phenoxy) is 1. The summed E-state index contributed by atoms with van der Waals surface area (Å²) >= 11 is 0. The maximum Gasteiger partial charge on any atom is 0.169 e. The highest BCUT2D eigenvalue weighted by atomic mass is 19.1. The van der Waals surface area contributed by atoms with Gasteiger partial charge in [0.1, 0.15) is 5.82 Å². The Balaban J connectivity index is 1.96. The van der Waals surface area contributed by atoms with Crippen LogP contribution in [0, 0.1) is 12.7 Å². The first-order chi connectivity index (χ1) is 9.20. The summed E-state index contributed by atoms with van der Waals surface area (Å²) in [5.74, 6) is 0.667. The van der Waals surface area contributed by atoms with Gasteiger partial charge in [-0.3, -0.25) is 0 Å². The summed E-state index contributed by atoms with van der Waals surface area (Å²) in [4.78, 5) is 8.30. The second-order valence-corrected chi connectivity index (χ2v) is 4.13. The molecule has 0 bridgehead atoms. The topological polar surface area (TPSA) is 47.0 Å². The Bertz CT molecular complexity index is 560. The average Bonchev–Trinajstić information content (AvgIpc) is 2.41. The summed E-state index contributed by atoms with van der Waals surface area (Å²) in [6.45, 7) is 2.83. The van der Waals surface area contributed by atoms with E-state index in [1.165, 1.54) is 7.11 Å². The SMILES string of the molecule is COc1cccc(CNCc2ccnc(C)n2)c1F. The normalized spacial score (nSPS) is 10.5. The monoisotopic (exact) mass is 261 g/mol. The van der Waals surface area contributed by atoms with Gasteiger partial charge >= 0.3 is 0 Å². The predicted octanol–water partition coefficient (Wildman–Crippen LogP) is 2.22. The molecule has 0 aliphatic carbocycles. The number of halogens is 1. The van der Waals surface area contributed by atoms with E-state index in [4.69, 9.17) is 4.74 Å². The minimum absolute atomic E-state index is 0.261. The van der Waals surface area contributed by atoms with E-state index in [0.717, 1.165) is 11.5 Å². The summed E-state index contributed by atoms with van der Waals surface area (Å²) in [5.41, 5.74) is 1.46. The number of hydrogen-bond acceptors (Lipinski definition) is 4. The van der Waals surface area contributed by atoms with Crippen molar-refractivity contribution >= 4 is 0 Å². The third kappa shape index (κ3) is 3.48. The van der Waals surface area contributed by atoms with E-state index in [0.29, 0.717) is 18.7 Å². The molecule has 0 spiro atoms. The lowest BCUT2D eigenvalue weighted by atomic mass is 10.2. The predicted molar refractivity (Wildman–Crippen MR) is 70.3 cm³/mol. The average molecular weight is 261 g/mol. The van der Waals surface area contributed by atoms with E-state index < -0.39 is 0 Å². The minimum atomic E-state index is -0.323. The van der Waals surface area contributed by atoms with Crippen LogP contribution in [0.2, 0.25) is 0 Å². The third-order valence-corrected chi connectivity index (χ3v) is 2.72. The third-order valence-electron chi connectivity index (χ3n) is 2.72. The molecule has 0 saturated carbocycles. The second-order valence-electron chi connectivity index (χ2n) is 4.13. The zero-order valence-corrected chi connectivity index (χ0v) is 11.0. The molecule has 19 heavy (non-hydrogen) atoms. The molecule has 0 radical (unpaired) electrons. The number of nitrogens with one attached hydrogen (secondary N) is 1. The zero-order valence-electron chi connectivity index (χ0n) is 11.0. The molecule has 2 rings (SSSR count). The van der Waals surface area contributed by atoms with E-state index in [2.05, 4.69) is 15.3 Å². The minimum Gasteiger partial charge on any atom is -0.494 e. The maximum absolute atomic E-state index is 13.9. The van der Waals surface area contributed by atoms with Crippen LogP contribution in [0.25, 0.3) is 0 Å². The van der Waals surface area contributed by atoms with Gasteiger partial charge in [0.2, 0.25) is 0 Å². The number of aromatic nitrogens is 2. The van der Waals surface area contributed by atoms with Crippen molar-refractivity contribution in [1.82, 2.24) is 15.3 Å². The number of methoxy groups -OCH3 is 1. The van der Waals surface area contributed by atoms with Gasteiger partial charge in [0, 0.05) is 24.8 Å². The Labute approximate surface area is 111 Å². The molecular weight excluding hydrogens is 245 g/mol. The van der Waals surface area contributed by atoms with Crippen molar-refractivity contribution in [3.63, 3.8) is 0 Å². The van der Waals surface area contributed by atoms with Gasteiger partial charge in [0.25, 0.3) is 0 Å². The van der Waals surface area contributed by atoms with Crippen molar-refractivity contribution in [3.05, 3.63) is 53.4 Å². The number of benzene rings is 1.